The smallest absolute Gasteiger partial charge is 0.478 e. The molecule has 146 valence electrons. The highest BCUT2D eigenvalue weighted by molar-refractivity contribution is 7.30. The van der Waals surface area contributed by atoms with Crippen molar-refractivity contribution >= 4 is 38.1 Å². The maximum absolute atomic E-state index is 9.60. The summed E-state index contributed by atoms with van der Waals surface area (Å²) < 4.78 is 8.70. The zero-order chi connectivity index (χ0) is 21.9. The maximum Gasteiger partial charge on any atom is 0.692 e. The minimum Gasteiger partial charge on any atom is -0.478 e. The van der Waals surface area contributed by atoms with E-state index in [1.807, 2.05) is 0 Å². The third-order valence-electron chi connectivity index (χ3n) is 1.10. The maximum atomic E-state index is 9.60. The highest BCUT2D eigenvalue weighted by Gasteiger charge is 1.93. The number of carbonyl (C=O) groups is 5. The largest absolute Gasteiger partial charge is 0.692 e. The summed E-state index contributed by atoms with van der Waals surface area (Å²) in [4.78, 5) is 62.1. The van der Waals surface area contributed by atoms with Gasteiger partial charge in [0.05, 0.1) is 0 Å². The molecule has 0 fully saturated rings. The predicted octanol–water partition coefficient (Wildman–Crippen LogP) is -0.301. The van der Waals surface area contributed by atoms with E-state index in [0.717, 1.165) is 0 Å². The molecule has 0 aromatic rings. The SMILES string of the molecule is C=C(C)C(=O)O.O=C(O)/C=C\C(=O)O.O=C(O)/C=C\C(=O)O.O=[P+](O)O. The topological polar surface area (TPSA) is 244 Å². The number of hydrogen-bond donors (Lipinski definition) is 7. The molecule has 14 heteroatoms. The summed E-state index contributed by atoms with van der Waals surface area (Å²) in [5, 5.41) is 39.1. The Morgan fingerprint density at radius 1 is 0.692 bits per heavy atom. The highest BCUT2D eigenvalue weighted by atomic mass is 31.1. The molecule has 0 radical (unpaired) electrons. The third-order valence-corrected chi connectivity index (χ3v) is 1.10. The Labute approximate surface area is 146 Å². The van der Waals surface area contributed by atoms with Crippen molar-refractivity contribution in [3.8, 4) is 0 Å². The second-order valence-electron chi connectivity index (χ2n) is 3.36. The molecule has 0 heterocycles. The van der Waals surface area contributed by atoms with Crippen molar-refractivity contribution in [3.63, 3.8) is 0 Å². The normalized spacial score (nSPS) is 8.58. The molecule has 0 amide bonds. The van der Waals surface area contributed by atoms with E-state index in [2.05, 4.69) is 6.58 Å². The van der Waals surface area contributed by atoms with E-state index < -0.39 is 38.1 Å². The first kappa shape index (κ1) is 30.5. The van der Waals surface area contributed by atoms with Gasteiger partial charge in [0, 0.05) is 34.4 Å². The average molecular weight is 399 g/mol. The van der Waals surface area contributed by atoms with Crippen LogP contribution in [0.3, 0.4) is 0 Å². The summed E-state index contributed by atoms with van der Waals surface area (Å²) in [6.07, 6.45) is 2.23. The van der Waals surface area contributed by atoms with Gasteiger partial charge in [0.15, 0.2) is 0 Å². The van der Waals surface area contributed by atoms with Gasteiger partial charge in [-0.05, 0) is 6.92 Å². The van der Waals surface area contributed by atoms with Crippen LogP contribution in [-0.4, -0.2) is 65.2 Å². The van der Waals surface area contributed by atoms with Crippen LogP contribution in [0.5, 0.6) is 0 Å². The Morgan fingerprint density at radius 2 is 0.808 bits per heavy atom. The van der Waals surface area contributed by atoms with E-state index in [1.165, 1.54) is 6.92 Å². The Bertz CT molecular complexity index is 506. The fraction of sp³-hybridized carbons (Fsp3) is 0.0833. The van der Waals surface area contributed by atoms with Crippen molar-refractivity contribution < 1.29 is 63.9 Å². The van der Waals surface area contributed by atoms with Gasteiger partial charge < -0.3 is 25.5 Å². The lowest BCUT2D eigenvalue weighted by molar-refractivity contribution is -0.134. The molecule has 0 bridgehead atoms. The first-order valence-corrected chi connectivity index (χ1v) is 6.81. The fourth-order valence-electron chi connectivity index (χ4n) is 0.285. The lowest BCUT2D eigenvalue weighted by Gasteiger charge is -1.79. The van der Waals surface area contributed by atoms with E-state index in [1.54, 1.807) is 0 Å². The molecule has 0 aromatic carbocycles. The van der Waals surface area contributed by atoms with E-state index in [9.17, 15) is 24.0 Å². The second kappa shape index (κ2) is 19.6. The lowest BCUT2D eigenvalue weighted by atomic mass is 10.4. The van der Waals surface area contributed by atoms with Crippen LogP contribution in [-0.2, 0) is 28.5 Å². The molecule has 0 aliphatic carbocycles. The minimum atomic E-state index is -2.87. The van der Waals surface area contributed by atoms with E-state index in [4.69, 9.17) is 39.9 Å². The summed E-state index contributed by atoms with van der Waals surface area (Å²) in [5.41, 5.74) is 0.176. The molecule has 0 saturated heterocycles. The van der Waals surface area contributed by atoms with Crippen LogP contribution < -0.4 is 0 Å². The van der Waals surface area contributed by atoms with Gasteiger partial charge in [0.2, 0.25) is 0 Å². The number of hydrogen-bond acceptors (Lipinski definition) is 6. The molecule has 13 nitrogen and oxygen atoms in total. The van der Waals surface area contributed by atoms with Crippen molar-refractivity contribution in [2.75, 3.05) is 0 Å². The molecule has 26 heavy (non-hydrogen) atoms. The Hall–Kier alpha value is -3.41. The zero-order valence-electron chi connectivity index (χ0n) is 13.0. The molecular weight excluding hydrogens is 383 g/mol. The molecule has 0 aliphatic heterocycles. The summed E-state index contributed by atoms with van der Waals surface area (Å²) >= 11 is 0. The number of aliphatic carboxylic acids is 5. The van der Waals surface area contributed by atoms with Gasteiger partial charge in [-0.3, -0.25) is 0 Å². The Morgan fingerprint density at radius 3 is 0.846 bits per heavy atom. The van der Waals surface area contributed by atoms with Crippen LogP contribution in [0, 0.1) is 0 Å². The number of carboxylic acids is 5. The van der Waals surface area contributed by atoms with Crippen LogP contribution in [0.2, 0.25) is 0 Å². The van der Waals surface area contributed by atoms with Gasteiger partial charge in [0.25, 0.3) is 0 Å². The van der Waals surface area contributed by atoms with Gasteiger partial charge in [-0.15, -0.1) is 9.79 Å². The fourth-order valence-corrected chi connectivity index (χ4v) is 0.285. The average Bonchev–Trinajstić information content (AvgIpc) is 2.43. The van der Waals surface area contributed by atoms with Gasteiger partial charge >= 0.3 is 38.1 Å². The monoisotopic (exact) mass is 399 g/mol. The summed E-state index contributed by atoms with van der Waals surface area (Å²) in [6.45, 7) is 4.60. The van der Waals surface area contributed by atoms with Crippen molar-refractivity contribution in [1.82, 2.24) is 0 Å². The predicted molar refractivity (Wildman–Crippen MR) is 83.3 cm³/mol. The number of rotatable bonds is 5. The molecule has 7 N–H and O–H groups in total. The van der Waals surface area contributed by atoms with Crippen LogP contribution in [0.4, 0.5) is 0 Å². The van der Waals surface area contributed by atoms with Crippen molar-refractivity contribution in [3.05, 3.63) is 36.5 Å². The quantitative estimate of drug-likeness (QED) is 0.232. The van der Waals surface area contributed by atoms with Crippen molar-refractivity contribution in [2.45, 2.75) is 6.92 Å². The molecule has 0 unspecified atom stereocenters. The van der Waals surface area contributed by atoms with Crippen LogP contribution in [0.25, 0.3) is 0 Å². The molecule has 0 aliphatic rings. The molecular formula is C12H16O13P+. The standard InChI is InChI=1S/2C4H4O4.C4H6O2.HO3P/c2*5-3(6)1-2-4(7)8;1-3(2)4(5)6;1-4(2)3/h2*1-2H,(H,5,6)(H,7,8);1H2,2H3,(H,5,6);(H-,1,2,3)/p+1/b2*2-1-;;. The van der Waals surface area contributed by atoms with E-state index >= 15 is 0 Å². The highest BCUT2D eigenvalue weighted by Crippen LogP contribution is 1.98. The summed E-state index contributed by atoms with van der Waals surface area (Å²) in [6, 6.07) is 0. The molecule has 0 spiro atoms. The first-order chi connectivity index (χ1) is 11.6. The van der Waals surface area contributed by atoms with Crippen LogP contribution in [0.15, 0.2) is 36.5 Å². The van der Waals surface area contributed by atoms with Gasteiger partial charge in [-0.1, -0.05) is 6.58 Å². The summed E-state index contributed by atoms with van der Waals surface area (Å²) in [7, 11) is -2.87. The minimum absolute atomic E-state index is 0.176. The Kier molecular flexibility index (Phi) is 23.0. The van der Waals surface area contributed by atoms with Gasteiger partial charge in [0.1, 0.15) is 0 Å². The lowest BCUT2D eigenvalue weighted by Crippen LogP contribution is -1.92. The van der Waals surface area contributed by atoms with E-state index in [0.29, 0.717) is 24.3 Å². The molecule has 0 rings (SSSR count). The number of carboxylic acid groups (broad SMARTS) is 5. The third kappa shape index (κ3) is 70.5. The zero-order valence-corrected chi connectivity index (χ0v) is 13.9. The molecule has 0 atom stereocenters. The van der Waals surface area contributed by atoms with Crippen molar-refractivity contribution in [2.24, 2.45) is 0 Å². The molecule has 0 saturated carbocycles. The summed E-state index contributed by atoms with van der Waals surface area (Å²) in [5.74, 6) is -5.96. The van der Waals surface area contributed by atoms with Crippen LogP contribution in [0.1, 0.15) is 6.92 Å². The second-order valence-corrected chi connectivity index (χ2v) is 3.86. The van der Waals surface area contributed by atoms with Crippen molar-refractivity contribution in [1.29, 1.82) is 0 Å². The van der Waals surface area contributed by atoms with Gasteiger partial charge in [-0.2, -0.15) is 0 Å². The first-order valence-electron chi connectivity index (χ1n) is 5.65. The Balaban J connectivity index is -0.000000128. The van der Waals surface area contributed by atoms with E-state index in [-0.39, 0.29) is 5.57 Å². The molecule has 0 aromatic heterocycles. The van der Waals surface area contributed by atoms with Gasteiger partial charge in [-0.25, -0.2) is 24.0 Å². The van der Waals surface area contributed by atoms with Crippen LogP contribution >= 0.6 is 8.25 Å².